The molecule has 0 fully saturated rings. The molecule has 1 N–H and O–H groups in total. The van der Waals surface area contributed by atoms with Gasteiger partial charge >= 0.3 is 11.9 Å². The Morgan fingerprint density at radius 1 is 1.32 bits per heavy atom. The van der Waals surface area contributed by atoms with Crippen molar-refractivity contribution in [2.24, 2.45) is 29.6 Å². The van der Waals surface area contributed by atoms with Crippen LogP contribution in [0.1, 0.15) is 40.5 Å². The predicted molar refractivity (Wildman–Crippen MR) is 94.5 cm³/mol. The number of aliphatic hydroxyl groups excluding tert-OH is 1. The zero-order valence-corrected chi connectivity index (χ0v) is 15.8. The molecule has 0 amide bonds. The SMILES string of the molecule is CCC(C)C(=O)O[C@H]1CC(O)C=C2C=CC(C)C(C(C)C(=O)OC)C21. The van der Waals surface area contributed by atoms with E-state index < -0.39 is 12.2 Å². The van der Waals surface area contributed by atoms with Crippen LogP contribution in [0.4, 0.5) is 0 Å². The molecule has 0 aromatic rings. The molecule has 6 unspecified atom stereocenters. The van der Waals surface area contributed by atoms with E-state index in [-0.39, 0.29) is 41.5 Å². The number of esters is 2. The summed E-state index contributed by atoms with van der Waals surface area (Å²) in [6.45, 7) is 7.72. The summed E-state index contributed by atoms with van der Waals surface area (Å²) in [6.07, 6.45) is 5.85. The largest absolute Gasteiger partial charge is 0.469 e. The Bertz CT molecular complexity index is 564. The van der Waals surface area contributed by atoms with Crippen molar-refractivity contribution in [3.63, 3.8) is 0 Å². The number of carbonyl (C=O) groups is 2. The Hall–Kier alpha value is -1.62. The molecule has 0 aromatic heterocycles. The quantitative estimate of drug-likeness (QED) is 0.772. The van der Waals surface area contributed by atoms with Crippen molar-refractivity contribution in [1.82, 2.24) is 0 Å². The third-order valence-electron chi connectivity index (χ3n) is 5.69. The van der Waals surface area contributed by atoms with E-state index in [1.54, 1.807) is 0 Å². The molecule has 2 rings (SSSR count). The van der Waals surface area contributed by atoms with Gasteiger partial charge in [0, 0.05) is 12.3 Å². The number of hydrogen-bond donors (Lipinski definition) is 1. The van der Waals surface area contributed by atoms with Crippen LogP contribution in [0, 0.1) is 29.6 Å². The fourth-order valence-corrected chi connectivity index (χ4v) is 4.02. The van der Waals surface area contributed by atoms with E-state index in [2.05, 4.69) is 13.0 Å². The molecule has 0 aliphatic heterocycles. The number of rotatable bonds is 5. The van der Waals surface area contributed by atoms with Gasteiger partial charge in [-0.1, -0.05) is 45.9 Å². The molecule has 5 heteroatoms. The van der Waals surface area contributed by atoms with Gasteiger partial charge in [-0.25, -0.2) is 0 Å². The van der Waals surface area contributed by atoms with Gasteiger partial charge in [0.15, 0.2) is 0 Å². The van der Waals surface area contributed by atoms with Crippen molar-refractivity contribution in [2.45, 2.75) is 52.7 Å². The maximum atomic E-state index is 12.3. The van der Waals surface area contributed by atoms with Gasteiger partial charge in [0.05, 0.1) is 25.0 Å². The number of methoxy groups -OCH3 is 1. The van der Waals surface area contributed by atoms with E-state index in [9.17, 15) is 14.7 Å². The van der Waals surface area contributed by atoms with Crippen LogP contribution in [0.3, 0.4) is 0 Å². The van der Waals surface area contributed by atoms with Gasteiger partial charge in [0.1, 0.15) is 6.10 Å². The number of aliphatic hydroxyl groups is 1. The molecule has 0 spiro atoms. The minimum atomic E-state index is -0.645. The summed E-state index contributed by atoms with van der Waals surface area (Å²) in [5.74, 6) is -0.997. The zero-order chi connectivity index (χ0) is 18.7. The Morgan fingerprint density at radius 3 is 2.60 bits per heavy atom. The molecule has 0 bridgehead atoms. The number of fused-ring (bicyclic) bond motifs is 1. The van der Waals surface area contributed by atoms with Gasteiger partial charge in [0.25, 0.3) is 0 Å². The van der Waals surface area contributed by atoms with E-state index in [1.165, 1.54) is 7.11 Å². The third-order valence-corrected chi connectivity index (χ3v) is 5.69. The van der Waals surface area contributed by atoms with Gasteiger partial charge in [-0.05, 0) is 23.8 Å². The molecule has 0 saturated carbocycles. The van der Waals surface area contributed by atoms with Crippen molar-refractivity contribution in [2.75, 3.05) is 7.11 Å². The molecule has 7 atom stereocenters. The molecule has 25 heavy (non-hydrogen) atoms. The molecule has 0 heterocycles. The zero-order valence-electron chi connectivity index (χ0n) is 15.8. The van der Waals surface area contributed by atoms with Crippen LogP contribution >= 0.6 is 0 Å². The average molecular weight is 350 g/mol. The normalized spacial score (nSPS) is 33.7. The van der Waals surface area contributed by atoms with E-state index in [4.69, 9.17) is 9.47 Å². The lowest BCUT2D eigenvalue weighted by atomic mass is 9.63. The van der Waals surface area contributed by atoms with Crippen LogP contribution in [0.15, 0.2) is 23.8 Å². The summed E-state index contributed by atoms with van der Waals surface area (Å²) in [7, 11) is 1.39. The Kier molecular flexibility index (Phi) is 6.44. The number of hydrogen-bond acceptors (Lipinski definition) is 5. The van der Waals surface area contributed by atoms with E-state index in [1.807, 2.05) is 32.9 Å². The number of ether oxygens (including phenoxy) is 2. The molecular formula is C20H30O5. The highest BCUT2D eigenvalue weighted by Crippen LogP contribution is 2.45. The highest BCUT2D eigenvalue weighted by Gasteiger charge is 2.46. The first kappa shape index (κ1) is 19.7. The second kappa shape index (κ2) is 8.17. The number of allylic oxidation sites excluding steroid dienone is 2. The molecule has 2 aliphatic rings. The Balaban J connectivity index is 2.34. The Morgan fingerprint density at radius 2 is 2.00 bits per heavy atom. The van der Waals surface area contributed by atoms with Gasteiger partial charge in [-0.3, -0.25) is 9.59 Å². The van der Waals surface area contributed by atoms with Crippen LogP contribution in [0.5, 0.6) is 0 Å². The van der Waals surface area contributed by atoms with E-state index in [0.717, 1.165) is 5.57 Å². The molecular weight excluding hydrogens is 320 g/mol. The maximum Gasteiger partial charge on any atom is 0.308 e. The first-order valence-corrected chi connectivity index (χ1v) is 9.16. The first-order valence-electron chi connectivity index (χ1n) is 9.16. The summed E-state index contributed by atoms with van der Waals surface area (Å²) in [5, 5.41) is 10.2. The van der Waals surface area contributed by atoms with E-state index >= 15 is 0 Å². The van der Waals surface area contributed by atoms with Crippen LogP contribution in [-0.2, 0) is 19.1 Å². The fourth-order valence-electron chi connectivity index (χ4n) is 4.02. The highest BCUT2D eigenvalue weighted by molar-refractivity contribution is 5.73. The van der Waals surface area contributed by atoms with Crippen LogP contribution < -0.4 is 0 Å². The summed E-state index contributed by atoms with van der Waals surface area (Å²) >= 11 is 0. The lowest BCUT2D eigenvalue weighted by Gasteiger charge is -2.44. The molecule has 0 aromatic carbocycles. The van der Waals surface area contributed by atoms with Gasteiger partial charge in [-0.2, -0.15) is 0 Å². The summed E-state index contributed by atoms with van der Waals surface area (Å²) < 4.78 is 10.7. The van der Waals surface area contributed by atoms with Crippen molar-refractivity contribution < 1.29 is 24.2 Å². The highest BCUT2D eigenvalue weighted by atomic mass is 16.5. The summed E-state index contributed by atoms with van der Waals surface area (Å²) in [5.41, 5.74) is 0.944. The van der Waals surface area contributed by atoms with Gasteiger partial charge < -0.3 is 14.6 Å². The van der Waals surface area contributed by atoms with E-state index in [0.29, 0.717) is 12.8 Å². The van der Waals surface area contributed by atoms with Gasteiger partial charge in [0.2, 0.25) is 0 Å². The second-order valence-corrected chi connectivity index (χ2v) is 7.39. The van der Waals surface area contributed by atoms with Crippen molar-refractivity contribution in [3.8, 4) is 0 Å². The van der Waals surface area contributed by atoms with Crippen molar-refractivity contribution in [1.29, 1.82) is 0 Å². The molecule has 5 nitrogen and oxygen atoms in total. The minimum Gasteiger partial charge on any atom is -0.469 e. The van der Waals surface area contributed by atoms with Crippen LogP contribution in [0.25, 0.3) is 0 Å². The maximum absolute atomic E-state index is 12.3. The average Bonchev–Trinajstić information content (AvgIpc) is 2.59. The predicted octanol–water partition coefficient (Wildman–Crippen LogP) is 2.88. The third kappa shape index (κ3) is 4.14. The number of carbonyl (C=O) groups excluding carboxylic acids is 2. The monoisotopic (exact) mass is 350 g/mol. The minimum absolute atomic E-state index is 0.0362. The smallest absolute Gasteiger partial charge is 0.308 e. The lowest BCUT2D eigenvalue weighted by Crippen LogP contribution is -2.46. The molecule has 140 valence electrons. The molecule has 2 aliphatic carbocycles. The summed E-state index contributed by atoms with van der Waals surface area (Å²) in [4.78, 5) is 24.5. The van der Waals surface area contributed by atoms with Gasteiger partial charge in [-0.15, -0.1) is 0 Å². The van der Waals surface area contributed by atoms with Crippen molar-refractivity contribution in [3.05, 3.63) is 23.8 Å². The van der Waals surface area contributed by atoms with Crippen LogP contribution in [0.2, 0.25) is 0 Å². The lowest BCUT2D eigenvalue weighted by molar-refractivity contribution is -0.161. The van der Waals surface area contributed by atoms with Crippen molar-refractivity contribution >= 4 is 11.9 Å². The Labute approximate surface area is 150 Å². The fraction of sp³-hybridized carbons (Fsp3) is 0.700. The molecule has 0 saturated heterocycles. The first-order chi connectivity index (χ1) is 11.8. The standard InChI is InChI=1S/C20H30O5/c1-6-11(2)19(22)25-16-10-15(21)9-14-8-7-12(3)17(18(14)16)13(4)20(23)24-5/h7-9,11-13,15-18,21H,6,10H2,1-5H3/t11?,12?,13?,15?,16-,17?,18?/m0/s1. The van der Waals surface area contributed by atoms with Crippen LogP contribution in [-0.4, -0.2) is 36.4 Å². The molecule has 0 radical (unpaired) electrons. The summed E-state index contributed by atoms with van der Waals surface area (Å²) in [6, 6.07) is 0. The topological polar surface area (TPSA) is 72.8 Å². The second-order valence-electron chi connectivity index (χ2n) is 7.39.